The lowest BCUT2D eigenvalue weighted by Gasteiger charge is -2.17. The standard InChI is InChI=1S/C17H19ClN6O4/c18-9-4-2-1-3-8(9)5-20-17-22-14(19)11-15(23-17)24(7-21-11)16-13(27)12(26)10(6-25)28-16/h1-4,7,10,12-13,16,25-27H,5-6H2,(H3,19,20,22,23)/t10-,12-,13-,16?/m1/s1. The number of aliphatic hydroxyl groups is 3. The molecule has 2 aromatic heterocycles. The number of nitrogens with one attached hydrogen (secondary N) is 1. The number of nitrogens with two attached hydrogens (primary N) is 1. The Labute approximate surface area is 164 Å². The second-order valence-corrected chi connectivity index (χ2v) is 6.84. The Morgan fingerprint density at radius 1 is 1.21 bits per heavy atom. The molecule has 3 aromatic rings. The van der Waals surface area contributed by atoms with Gasteiger partial charge in [-0.2, -0.15) is 9.97 Å². The molecule has 1 unspecified atom stereocenters. The van der Waals surface area contributed by atoms with Crippen molar-refractivity contribution in [2.45, 2.75) is 31.1 Å². The second-order valence-electron chi connectivity index (χ2n) is 6.43. The lowest BCUT2D eigenvalue weighted by molar-refractivity contribution is -0.0511. The predicted octanol–water partition coefficient (Wildman–Crippen LogP) is 0.285. The highest BCUT2D eigenvalue weighted by Gasteiger charge is 2.44. The average Bonchev–Trinajstić information content (AvgIpc) is 3.23. The molecule has 1 saturated heterocycles. The van der Waals surface area contributed by atoms with E-state index in [1.807, 2.05) is 18.2 Å². The number of aliphatic hydroxyl groups excluding tert-OH is 3. The predicted molar refractivity (Wildman–Crippen MR) is 102 cm³/mol. The molecule has 6 N–H and O–H groups in total. The van der Waals surface area contributed by atoms with E-state index in [1.165, 1.54) is 10.9 Å². The van der Waals surface area contributed by atoms with Gasteiger partial charge in [0.25, 0.3) is 0 Å². The number of aromatic nitrogens is 4. The molecule has 0 aliphatic carbocycles. The highest BCUT2D eigenvalue weighted by Crippen LogP contribution is 2.32. The number of benzene rings is 1. The number of halogens is 1. The molecule has 0 saturated carbocycles. The number of nitrogen functional groups attached to an aromatic ring is 1. The van der Waals surface area contributed by atoms with Crippen LogP contribution in [0, 0.1) is 0 Å². The Bertz CT molecular complexity index is 999. The summed E-state index contributed by atoms with van der Waals surface area (Å²) in [6.45, 7) is -0.0459. The average molecular weight is 407 g/mol. The van der Waals surface area contributed by atoms with Gasteiger partial charge in [-0.05, 0) is 11.6 Å². The fourth-order valence-corrected chi connectivity index (χ4v) is 3.33. The van der Waals surface area contributed by atoms with Crippen LogP contribution in [-0.2, 0) is 11.3 Å². The van der Waals surface area contributed by atoms with Crippen LogP contribution in [0.1, 0.15) is 11.8 Å². The van der Waals surface area contributed by atoms with Crippen LogP contribution >= 0.6 is 11.6 Å². The first-order valence-electron chi connectivity index (χ1n) is 8.59. The third-order valence-electron chi connectivity index (χ3n) is 4.63. The molecule has 11 heteroatoms. The Morgan fingerprint density at radius 2 is 2.00 bits per heavy atom. The van der Waals surface area contributed by atoms with Crippen molar-refractivity contribution >= 4 is 34.5 Å². The van der Waals surface area contributed by atoms with Gasteiger partial charge in [0.15, 0.2) is 17.7 Å². The highest BCUT2D eigenvalue weighted by atomic mass is 35.5. The molecule has 0 radical (unpaired) electrons. The Hall–Kier alpha value is -2.50. The molecule has 1 aliphatic rings. The maximum absolute atomic E-state index is 10.3. The van der Waals surface area contributed by atoms with Gasteiger partial charge >= 0.3 is 0 Å². The first kappa shape index (κ1) is 18.8. The zero-order valence-electron chi connectivity index (χ0n) is 14.6. The molecular formula is C17H19ClN6O4. The van der Waals surface area contributed by atoms with E-state index < -0.39 is 31.1 Å². The third kappa shape index (κ3) is 3.25. The van der Waals surface area contributed by atoms with Crippen LogP contribution < -0.4 is 11.1 Å². The number of ether oxygens (including phenoxy) is 1. The molecule has 1 aliphatic heterocycles. The lowest BCUT2D eigenvalue weighted by Crippen LogP contribution is -2.33. The second kappa shape index (κ2) is 7.49. The number of hydrogen-bond donors (Lipinski definition) is 5. The van der Waals surface area contributed by atoms with Crippen LogP contribution in [0.2, 0.25) is 5.02 Å². The van der Waals surface area contributed by atoms with E-state index in [9.17, 15) is 15.3 Å². The normalized spacial score (nSPS) is 24.7. The highest BCUT2D eigenvalue weighted by molar-refractivity contribution is 6.31. The molecule has 3 heterocycles. The minimum Gasteiger partial charge on any atom is -0.394 e. The van der Waals surface area contributed by atoms with E-state index >= 15 is 0 Å². The van der Waals surface area contributed by atoms with E-state index in [-0.39, 0.29) is 11.8 Å². The van der Waals surface area contributed by atoms with Crippen molar-refractivity contribution in [3.8, 4) is 0 Å². The van der Waals surface area contributed by atoms with Crippen LogP contribution in [0.5, 0.6) is 0 Å². The molecule has 0 amide bonds. The summed E-state index contributed by atoms with van der Waals surface area (Å²) in [4.78, 5) is 12.8. The van der Waals surface area contributed by atoms with Crippen molar-refractivity contribution in [2.24, 2.45) is 0 Å². The monoisotopic (exact) mass is 406 g/mol. The van der Waals surface area contributed by atoms with Crippen molar-refractivity contribution in [1.82, 2.24) is 19.5 Å². The van der Waals surface area contributed by atoms with Gasteiger partial charge in [0.2, 0.25) is 5.95 Å². The number of rotatable bonds is 5. The Kier molecular flexibility index (Phi) is 5.04. The van der Waals surface area contributed by atoms with Crippen molar-refractivity contribution in [3.05, 3.63) is 41.2 Å². The summed E-state index contributed by atoms with van der Waals surface area (Å²) < 4.78 is 7.00. The van der Waals surface area contributed by atoms with Gasteiger partial charge in [-0.15, -0.1) is 0 Å². The summed E-state index contributed by atoms with van der Waals surface area (Å²) in [5.41, 5.74) is 7.52. The van der Waals surface area contributed by atoms with E-state index in [1.54, 1.807) is 6.07 Å². The van der Waals surface area contributed by atoms with E-state index in [0.29, 0.717) is 22.7 Å². The molecule has 4 rings (SSSR count). The number of nitrogens with zero attached hydrogens (tertiary/aromatic N) is 4. The van der Waals surface area contributed by atoms with Crippen LogP contribution in [0.15, 0.2) is 30.6 Å². The molecule has 28 heavy (non-hydrogen) atoms. The Morgan fingerprint density at radius 3 is 2.71 bits per heavy atom. The zero-order chi connectivity index (χ0) is 19.8. The van der Waals surface area contributed by atoms with Crippen molar-refractivity contribution in [2.75, 3.05) is 17.7 Å². The topological polar surface area (TPSA) is 152 Å². The van der Waals surface area contributed by atoms with Crippen LogP contribution in [-0.4, -0.2) is 59.8 Å². The summed E-state index contributed by atoms with van der Waals surface area (Å²) in [6.07, 6.45) is -2.97. The number of hydrogen-bond acceptors (Lipinski definition) is 9. The van der Waals surface area contributed by atoms with Crippen LogP contribution in [0.3, 0.4) is 0 Å². The Balaban J connectivity index is 1.64. The molecule has 0 spiro atoms. The quantitative estimate of drug-likeness (QED) is 0.402. The summed E-state index contributed by atoms with van der Waals surface area (Å²) >= 11 is 6.16. The van der Waals surface area contributed by atoms with Gasteiger partial charge in [0.05, 0.1) is 12.9 Å². The van der Waals surface area contributed by atoms with Gasteiger partial charge in [0.1, 0.15) is 23.8 Å². The van der Waals surface area contributed by atoms with Gasteiger partial charge in [-0.1, -0.05) is 29.8 Å². The molecule has 1 aromatic carbocycles. The van der Waals surface area contributed by atoms with E-state index in [4.69, 9.17) is 22.1 Å². The van der Waals surface area contributed by atoms with E-state index in [0.717, 1.165) is 5.56 Å². The van der Waals surface area contributed by atoms with Gasteiger partial charge in [-0.25, -0.2) is 4.98 Å². The maximum atomic E-state index is 10.3. The van der Waals surface area contributed by atoms with Crippen LogP contribution in [0.25, 0.3) is 11.2 Å². The number of anilines is 2. The molecule has 1 fully saturated rings. The fraction of sp³-hybridized carbons (Fsp3) is 0.353. The van der Waals surface area contributed by atoms with Gasteiger partial charge in [0, 0.05) is 11.6 Å². The summed E-state index contributed by atoms with van der Waals surface area (Å²) in [7, 11) is 0. The minimum atomic E-state index is -1.26. The maximum Gasteiger partial charge on any atom is 0.227 e. The first-order chi connectivity index (χ1) is 13.5. The van der Waals surface area contributed by atoms with Crippen LogP contribution in [0.4, 0.5) is 11.8 Å². The molecule has 10 nitrogen and oxygen atoms in total. The van der Waals surface area contributed by atoms with Crippen molar-refractivity contribution in [1.29, 1.82) is 0 Å². The van der Waals surface area contributed by atoms with Crippen molar-refractivity contribution in [3.63, 3.8) is 0 Å². The largest absolute Gasteiger partial charge is 0.394 e. The molecule has 4 atom stereocenters. The molecule has 148 valence electrons. The number of fused-ring (bicyclic) bond motifs is 1. The summed E-state index contributed by atoms with van der Waals surface area (Å²) in [5.74, 6) is 0.399. The summed E-state index contributed by atoms with van der Waals surface area (Å²) in [5, 5.41) is 33.2. The first-order valence-corrected chi connectivity index (χ1v) is 8.97. The van der Waals surface area contributed by atoms with Gasteiger partial charge < -0.3 is 31.1 Å². The zero-order valence-corrected chi connectivity index (χ0v) is 15.4. The number of imidazole rings is 1. The SMILES string of the molecule is Nc1nc(NCc2ccccc2Cl)nc2c1ncn2C1O[C@H](CO)[C@@H](O)[C@H]1O. The van der Waals surface area contributed by atoms with Gasteiger partial charge in [-0.3, -0.25) is 4.57 Å². The van der Waals surface area contributed by atoms with E-state index in [2.05, 4.69) is 20.3 Å². The minimum absolute atomic E-state index is 0.150. The fourth-order valence-electron chi connectivity index (χ4n) is 3.13. The summed E-state index contributed by atoms with van der Waals surface area (Å²) in [6, 6.07) is 7.37. The third-order valence-corrected chi connectivity index (χ3v) is 5.00. The smallest absolute Gasteiger partial charge is 0.227 e. The molecule has 0 bridgehead atoms. The lowest BCUT2D eigenvalue weighted by atomic mass is 10.1. The van der Waals surface area contributed by atoms with Crippen molar-refractivity contribution < 1.29 is 20.1 Å². The molecular weight excluding hydrogens is 388 g/mol.